The fourth-order valence-corrected chi connectivity index (χ4v) is 3.38. The molecule has 27 heavy (non-hydrogen) atoms. The van der Waals surface area contributed by atoms with Gasteiger partial charge in [0.1, 0.15) is 11.5 Å². The van der Waals surface area contributed by atoms with Crippen molar-refractivity contribution in [1.82, 2.24) is 5.32 Å². The quantitative estimate of drug-likeness (QED) is 0.814. The molecule has 0 radical (unpaired) electrons. The zero-order valence-electron chi connectivity index (χ0n) is 16.0. The van der Waals surface area contributed by atoms with Gasteiger partial charge < -0.3 is 19.5 Å². The zero-order valence-corrected chi connectivity index (χ0v) is 16.0. The average Bonchev–Trinajstić information content (AvgIpc) is 2.72. The largest absolute Gasteiger partial charge is 0.497 e. The first kappa shape index (κ1) is 19.2. The first-order chi connectivity index (χ1) is 13.1. The summed E-state index contributed by atoms with van der Waals surface area (Å²) in [6, 6.07) is 15.8. The smallest absolute Gasteiger partial charge is 0.257 e. The van der Waals surface area contributed by atoms with Crippen LogP contribution in [0.5, 0.6) is 11.5 Å². The van der Waals surface area contributed by atoms with Crippen LogP contribution in [0.15, 0.2) is 48.5 Å². The molecule has 0 aliphatic carbocycles. The molecule has 0 atom stereocenters. The average molecular weight is 369 g/mol. The molecule has 2 aromatic rings. The van der Waals surface area contributed by atoms with Crippen molar-refractivity contribution in [3.05, 3.63) is 59.7 Å². The Labute approximate surface area is 160 Å². The third-order valence-electron chi connectivity index (χ3n) is 5.17. The van der Waals surface area contributed by atoms with E-state index in [1.54, 1.807) is 19.2 Å². The van der Waals surface area contributed by atoms with Gasteiger partial charge in [-0.05, 0) is 49.6 Å². The molecular formula is C22H27NO4. The topological polar surface area (TPSA) is 56.8 Å². The van der Waals surface area contributed by atoms with Gasteiger partial charge >= 0.3 is 0 Å². The minimum absolute atomic E-state index is 0.00714. The molecular weight excluding hydrogens is 342 g/mol. The molecule has 3 rings (SSSR count). The molecule has 0 aromatic heterocycles. The van der Waals surface area contributed by atoms with Crippen molar-refractivity contribution in [1.29, 1.82) is 0 Å². The Balaban J connectivity index is 1.57. The molecule has 1 heterocycles. The number of hydrogen-bond acceptors (Lipinski definition) is 4. The van der Waals surface area contributed by atoms with Gasteiger partial charge in [-0.2, -0.15) is 0 Å². The molecule has 0 bridgehead atoms. The molecule has 1 saturated heterocycles. The summed E-state index contributed by atoms with van der Waals surface area (Å²) in [5.41, 5.74) is 2.41. The maximum absolute atomic E-state index is 12.3. The second kappa shape index (κ2) is 8.91. The molecule has 0 saturated carbocycles. The molecule has 144 valence electrons. The summed E-state index contributed by atoms with van der Waals surface area (Å²) in [6.45, 7) is 4.09. The summed E-state index contributed by atoms with van der Waals surface area (Å²) in [7, 11) is 1.61. The van der Waals surface area contributed by atoms with Gasteiger partial charge in [-0.25, -0.2) is 0 Å². The van der Waals surface area contributed by atoms with Crippen LogP contribution in [0, 0.1) is 6.92 Å². The summed E-state index contributed by atoms with van der Waals surface area (Å²) in [6.07, 6.45) is 1.80. The highest BCUT2D eigenvalue weighted by Crippen LogP contribution is 2.34. The Bertz CT molecular complexity index is 734. The number of methoxy groups -OCH3 is 1. The van der Waals surface area contributed by atoms with E-state index in [-0.39, 0.29) is 17.9 Å². The summed E-state index contributed by atoms with van der Waals surface area (Å²) >= 11 is 0. The number of hydrogen-bond donors (Lipinski definition) is 1. The third-order valence-corrected chi connectivity index (χ3v) is 5.17. The van der Waals surface area contributed by atoms with E-state index in [1.807, 2.05) is 12.1 Å². The highest BCUT2D eigenvalue weighted by Gasteiger charge is 2.34. The van der Waals surface area contributed by atoms with Crippen molar-refractivity contribution in [2.45, 2.75) is 25.2 Å². The van der Waals surface area contributed by atoms with Gasteiger partial charge in [0.2, 0.25) is 0 Å². The third kappa shape index (κ3) is 5.01. The van der Waals surface area contributed by atoms with Gasteiger partial charge in [-0.1, -0.05) is 29.8 Å². The van der Waals surface area contributed by atoms with Crippen LogP contribution in [-0.4, -0.2) is 39.4 Å². The number of benzene rings is 2. The van der Waals surface area contributed by atoms with Crippen LogP contribution >= 0.6 is 0 Å². The normalized spacial score (nSPS) is 15.8. The van der Waals surface area contributed by atoms with Crippen LogP contribution in [-0.2, 0) is 14.9 Å². The predicted octanol–water partition coefficient (Wildman–Crippen LogP) is 3.25. The Morgan fingerprint density at radius 1 is 1.04 bits per heavy atom. The van der Waals surface area contributed by atoms with Crippen LogP contribution in [0.25, 0.3) is 0 Å². The van der Waals surface area contributed by atoms with Gasteiger partial charge in [0.15, 0.2) is 6.61 Å². The van der Waals surface area contributed by atoms with E-state index in [9.17, 15) is 4.79 Å². The molecule has 1 amide bonds. The van der Waals surface area contributed by atoms with E-state index in [0.717, 1.165) is 18.6 Å². The molecule has 1 fully saturated rings. The van der Waals surface area contributed by atoms with Crippen molar-refractivity contribution < 1.29 is 19.0 Å². The van der Waals surface area contributed by atoms with E-state index >= 15 is 0 Å². The number of aryl methyl sites for hydroxylation is 1. The van der Waals surface area contributed by atoms with Gasteiger partial charge in [0.25, 0.3) is 5.91 Å². The maximum Gasteiger partial charge on any atom is 0.257 e. The lowest BCUT2D eigenvalue weighted by Gasteiger charge is -2.38. The molecule has 0 unspecified atom stereocenters. The van der Waals surface area contributed by atoms with Crippen molar-refractivity contribution in [2.24, 2.45) is 0 Å². The lowest BCUT2D eigenvalue weighted by molar-refractivity contribution is -0.123. The second-order valence-corrected chi connectivity index (χ2v) is 7.00. The van der Waals surface area contributed by atoms with Crippen molar-refractivity contribution in [3.63, 3.8) is 0 Å². The number of rotatable bonds is 7. The van der Waals surface area contributed by atoms with Crippen LogP contribution in [0.4, 0.5) is 0 Å². The van der Waals surface area contributed by atoms with Crippen molar-refractivity contribution in [3.8, 4) is 11.5 Å². The number of ether oxygens (including phenoxy) is 3. The number of carbonyl (C=O) groups is 1. The summed E-state index contributed by atoms with van der Waals surface area (Å²) in [5.74, 6) is 1.28. The fourth-order valence-electron chi connectivity index (χ4n) is 3.38. The Hall–Kier alpha value is -2.53. The zero-order chi connectivity index (χ0) is 19.1. The van der Waals surface area contributed by atoms with E-state index in [1.165, 1.54) is 11.1 Å². The summed E-state index contributed by atoms with van der Waals surface area (Å²) in [4.78, 5) is 12.3. The van der Waals surface area contributed by atoms with E-state index < -0.39 is 0 Å². The van der Waals surface area contributed by atoms with Gasteiger partial charge in [-0.3, -0.25) is 4.79 Å². The van der Waals surface area contributed by atoms with Crippen LogP contribution in [0.3, 0.4) is 0 Å². The van der Waals surface area contributed by atoms with E-state index in [0.29, 0.717) is 25.5 Å². The van der Waals surface area contributed by atoms with Gasteiger partial charge in [-0.15, -0.1) is 0 Å². The number of amides is 1. The SMILES string of the molecule is COc1ccc(OCC(=O)NCC2(c3ccc(C)cc3)CCOCC2)cc1. The van der Waals surface area contributed by atoms with Crippen molar-refractivity contribution >= 4 is 5.91 Å². The second-order valence-electron chi connectivity index (χ2n) is 7.00. The molecule has 0 spiro atoms. The first-order valence-electron chi connectivity index (χ1n) is 9.30. The maximum atomic E-state index is 12.3. The van der Waals surface area contributed by atoms with Gasteiger partial charge in [0, 0.05) is 25.2 Å². The minimum atomic E-state index is -0.121. The predicted molar refractivity (Wildman–Crippen MR) is 104 cm³/mol. The molecule has 5 heteroatoms. The molecule has 5 nitrogen and oxygen atoms in total. The Morgan fingerprint density at radius 3 is 2.30 bits per heavy atom. The number of carbonyl (C=O) groups excluding carboxylic acids is 1. The molecule has 2 aromatic carbocycles. The highest BCUT2D eigenvalue weighted by molar-refractivity contribution is 5.77. The molecule has 1 aliphatic rings. The lowest BCUT2D eigenvalue weighted by atomic mass is 9.74. The summed E-state index contributed by atoms with van der Waals surface area (Å²) < 4.78 is 16.2. The Kier molecular flexibility index (Phi) is 6.35. The van der Waals surface area contributed by atoms with Gasteiger partial charge in [0.05, 0.1) is 7.11 Å². The number of nitrogens with one attached hydrogen (secondary N) is 1. The van der Waals surface area contributed by atoms with Crippen molar-refractivity contribution in [2.75, 3.05) is 33.5 Å². The lowest BCUT2D eigenvalue weighted by Crippen LogP contribution is -2.45. The first-order valence-corrected chi connectivity index (χ1v) is 9.30. The monoisotopic (exact) mass is 369 g/mol. The molecule has 1 aliphatic heterocycles. The van der Waals surface area contributed by atoms with E-state index in [4.69, 9.17) is 14.2 Å². The van der Waals surface area contributed by atoms with Crippen LogP contribution in [0.1, 0.15) is 24.0 Å². The molecule has 1 N–H and O–H groups in total. The van der Waals surface area contributed by atoms with Crippen LogP contribution < -0.4 is 14.8 Å². The fraction of sp³-hybridized carbons (Fsp3) is 0.409. The highest BCUT2D eigenvalue weighted by atomic mass is 16.5. The summed E-state index contributed by atoms with van der Waals surface area (Å²) in [5, 5.41) is 3.05. The minimum Gasteiger partial charge on any atom is -0.497 e. The Morgan fingerprint density at radius 2 is 1.67 bits per heavy atom. The van der Waals surface area contributed by atoms with Crippen LogP contribution in [0.2, 0.25) is 0 Å². The van der Waals surface area contributed by atoms with E-state index in [2.05, 4.69) is 36.5 Å². The standard InChI is InChI=1S/C22H27NO4/c1-17-3-5-18(6-4-17)22(11-13-26-14-12-22)16-23-21(24)15-27-20-9-7-19(25-2)8-10-20/h3-10H,11-16H2,1-2H3,(H,23,24).